The highest BCUT2D eigenvalue weighted by Crippen LogP contribution is 2.19. The van der Waals surface area contributed by atoms with E-state index in [4.69, 9.17) is 0 Å². The van der Waals surface area contributed by atoms with E-state index in [1.807, 2.05) is 0 Å². The molecule has 0 saturated heterocycles. The second-order valence-electron chi connectivity index (χ2n) is 3.94. The molecule has 1 aliphatic carbocycles. The van der Waals surface area contributed by atoms with Crippen molar-refractivity contribution in [1.82, 2.24) is 9.97 Å². The fourth-order valence-electron chi connectivity index (χ4n) is 1.90. The zero-order chi connectivity index (χ0) is 10.5. The molecule has 1 N–H and O–H groups in total. The summed E-state index contributed by atoms with van der Waals surface area (Å²) in [6, 6.07) is 0.501. The Balaban J connectivity index is 1.94. The maximum Gasteiger partial charge on any atom is 0.222 e. The Bertz CT molecular complexity index is 317. The Morgan fingerprint density at radius 3 is 2.47 bits per heavy atom. The zero-order valence-corrected chi connectivity index (χ0v) is 8.65. The third-order valence-corrected chi connectivity index (χ3v) is 2.75. The maximum absolute atomic E-state index is 10.4. The first-order chi connectivity index (χ1) is 7.38. The van der Waals surface area contributed by atoms with Gasteiger partial charge in [0.25, 0.3) is 0 Å². The van der Waals surface area contributed by atoms with Crippen LogP contribution in [0.15, 0.2) is 12.4 Å². The number of nitrogens with one attached hydrogen (secondary N) is 1. The first-order valence-corrected chi connectivity index (χ1v) is 5.42. The number of hydrogen-bond acceptors (Lipinski definition) is 4. The van der Waals surface area contributed by atoms with Gasteiger partial charge in [0.1, 0.15) is 0 Å². The predicted octanol–water partition coefficient (Wildman–Crippen LogP) is 2.03. The number of carbonyl (C=O) groups excluding carboxylic acids is 1. The van der Waals surface area contributed by atoms with Gasteiger partial charge in [-0.2, -0.15) is 0 Å². The number of carbonyl (C=O) groups is 1. The number of rotatable bonds is 3. The molecule has 15 heavy (non-hydrogen) atoms. The van der Waals surface area contributed by atoms with Crippen LogP contribution in [0.2, 0.25) is 0 Å². The van der Waals surface area contributed by atoms with Gasteiger partial charge in [0.05, 0.1) is 5.56 Å². The van der Waals surface area contributed by atoms with E-state index in [0.717, 1.165) is 6.29 Å². The lowest BCUT2D eigenvalue weighted by molar-refractivity contribution is 0.112. The van der Waals surface area contributed by atoms with Crippen molar-refractivity contribution in [2.24, 2.45) is 0 Å². The monoisotopic (exact) mass is 205 g/mol. The van der Waals surface area contributed by atoms with Crippen LogP contribution in [0, 0.1) is 0 Å². The third-order valence-electron chi connectivity index (χ3n) is 2.75. The smallest absolute Gasteiger partial charge is 0.222 e. The van der Waals surface area contributed by atoms with Gasteiger partial charge in [-0.15, -0.1) is 0 Å². The Labute approximate surface area is 89.1 Å². The maximum atomic E-state index is 10.4. The van der Waals surface area contributed by atoms with Crippen LogP contribution >= 0.6 is 0 Å². The molecule has 1 heterocycles. The van der Waals surface area contributed by atoms with E-state index in [1.54, 1.807) is 12.4 Å². The van der Waals surface area contributed by atoms with E-state index in [9.17, 15) is 4.79 Å². The topological polar surface area (TPSA) is 54.9 Å². The zero-order valence-electron chi connectivity index (χ0n) is 8.65. The summed E-state index contributed by atoms with van der Waals surface area (Å²) >= 11 is 0. The molecule has 2 rings (SSSR count). The van der Waals surface area contributed by atoms with E-state index in [0.29, 0.717) is 17.6 Å². The van der Waals surface area contributed by atoms with Crippen LogP contribution in [-0.2, 0) is 0 Å². The normalized spacial score (nSPS) is 17.3. The van der Waals surface area contributed by atoms with Gasteiger partial charge >= 0.3 is 0 Å². The van der Waals surface area contributed by atoms with Crippen molar-refractivity contribution in [1.29, 1.82) is 0 Å². The highest BCUT2D eigenvalue weighted by molar-refractivity contribution is 5.73. The molecule has 4 nitrogen and oxygen atoms in total. The van der Waals surface area contributed by atoms with Crippen LogP contribution in [0.25, 0.3) is 0 Å². The molecule has 1 saturated carbocycles. The molecule has 0 aliphatic heterocycles. The van der Waals surface area contributed by atoms with Crippen LogP contribution in [0.5, 0.6) is 0 Å². The standard InChI is InChI=1S/C11H15N3O/c15-8-9-6-12-11(13-7-9)14-10-4-2-1-3-5-10/h6-8,10H,1-5H2,(H,12,13,14). The number of anilines is 1. The summed E-state index contributed by atoms with van der Waals surface area (Å²) in [5.74, 6) is 0.632. The summed E-state index contributed by atoms with van der Waals surface area (Å²) in [5, 5.41) is 3.29. The van der Waals surface area contributed by atoms with Crippen molar-refractivity contribution in [3.8, 4) is 0 Å². The molecule has 4 heteroatoms. The summed E-state index contributed by atoms with van der Waals surface area (Å²) in [7, 11) is 0. The minimum absolute atomic E-state index is 0.501. The van der Waals surface area contributed by atoms with E-state index < -0.39 is 0 Å². The van der Waals surface area contributed by atoms with E-state index in [1.165, 1.54) is 32.1 Å². The van der Waals surface area contributed by atoms with Gasteiger partial charge in [-0.05, 0) is 12.8 Å². The van der Waals surface area contributed by atoms with Crippen molar-refractivity contribution in [3.05, 3.63) is 18.0 Å². The van der Waals surface area contributed by atoms with Crippen molar-refractivity contribution >= 4 is 12.2 Å². The van der Waals surface area contributed by atoms with Gasteiger partial charge in [-0.1, -0.05) is 19.3 Å². The molecule has 0 atom stereocenters. The molecule has 0 aromatic carbocycles. The number of hydrogen-bond donors (Lipinski definition) is 1. The van der Waals surface area contributed by atoms with Crippen LogP contribution in [0.3, 0.4) is 0 Å². The van der Waals surface area contributed by atoms with E-state index in [-0.39, 0.29) is 0 Å². The van der Waals surface area contributed by atoms with Crippen molar-refractivity contribution in [2.75, 3.05) is 5.32 Å². The summed E-state index contributed by atoms with van der Waals surface area (Å²) in [5.41, 5.74) is 0.518. The van der Waals surface area contributed by atoms with Gasteiger partial charge in [-0.3, -0.25) is 4.79 Å². The molecule has 0 unspecified atom stereocenters. The third kappa shape index (κ3) is 2.75. The average molecular weight is 205 g/mol. The minimum atomic E-state index is 0.501. The molecule has 0 radical (unpaired) electrons. The minimum Gasteiger partial charge on any atom is -0.351 e. The molecule has 0 amide bonds. The first kappa shape index (κ1) is 10.1. The van der Waals surface area contributed by atoms with Gasteiger partial charge in [0.2, 0.25) is 5.95 Å². The number of aromatic nitrogens is 2. The molecule has 1 fully saturated rings. The Morgan fingerprint density at radius 2 is 1.87 bits per heavy atom. The van der Waals surface area contributed by atoms with Gasteiger partial charge in [-0.25, -0.2) is 9.97 Å². The number of nitrogens with zero attached hydrogens (tertiary/aromatic N) is 2. The highest BCUT2D eigenvalue weighted by atomic mass is 16.1. The molecular formula is C11H15N3O. The van der Waals surface area contributed by atoms with Gasteiger partial charge < -0.3 is 5.32 Å². The number of aldehydes is 1. The second-order valence-corrected chi connectivity index (χ2v) is 3.94. The van der Waals surface area contributed by atoms with Crippen molar-refractivity contribution < 1.29 is 4.79 Å². The summed E-state index contributed by atoms with van der Waals surface area (Å²) < 4.78 is 0. The molecule has 1 aliphatic rings. The summed E-state index contributed by atoms with van der Waals surface area (Å²) in [4.78, 5) is 18.6. The largest absolute Gasteiger partial charge is 0.351 e. The SMILES string of the molecule is O=Cc1cnc(NC2CCCCC2)nc1. The Hall–Kier alpha value is -1.45. The fraction of sp³-hybridized carbons (Fsp3) is 0.545. The molecular weight excluding hydrogens is 190 g/mol. The molecule has 1 aromatic rings. The van der Waals surface area contributed by atoms with Crippen molar-refractivity contribution in [2.45, 2.75) is 38.1 Å². The molecule has 80 valence electrons. The fourth-order valence-corrected chi connectivity index (χ4v) is 1.90. The lowest BCUT2D eigenvalue weighted by Gasteiger charge is -2.22. The highest BCUT2D eigenvalue weighted by Gasteiger charge is 2.13. The van der Waals surface area contributed by atoms with Gasteiger partial charge in [0, 0.05) is 18.4 Å². The quantitative estimate of drug-likeness (QED) is 0.767. The molecule has 1 aromatic heterocycles. The lowest BCUT2D eigenvalue weighted by Crippen LogP contribution is -2.23. The molecule has 0 bridgehead atoms. The first-order valence-electron chi connectivity index (χ1n) is 5.42. The van der Waals surface area contributed by atoms with Crippen LogP contribution in [0.4, 0.5) is 5.95 Å². The van der Waals surface area contributed by atoms with Gasteiger partial charge in [0.15, 0.2) is 6.29 Å². The van der Waals surface area contributed by atoms with Crippen LogP contribution in [0.1, 0.15) is 42.5 Å². The lowest BCUT2D eigenvalue weighted by atomic mass is 9.96. The summed E-state index contributed by atoms with van der Waals surface area (Å²) in [6.45, 7) is 0. The van der Waals surface area contributed by atoms with Crippen LogP contribution < -0.4 is 5.32 Å². The predicted molar refractivity (Wildman–Crippen MR) is 57.9 cm³/mol. The van der Waals surface area contributed by atoms with Crippen molar-refractivity contribution in [3.63, 3.8) is 0 Å². The van der Waals surface area contributed by atoms with E-state index in [2.05, 4.69) is 15.3 Å². The molecule has 0 spiro atoms. The average Bonchev–Trinajstić information content (AvgIpc) is 2.31. The summed E-state index contributed by atoms with van der Waals surface area (Å²) in [6.07, 6.45) is 10.1. The Morgan fingerprint density at radius 1 is 1.20 bits per heavy atom. The van der Waals surface area contributed by atoms with E-state index >= 15 is 0 Å². The second kappa shape index (κ2) is 4.87. The van der Waals surface area contributed by atoms with Crippen LogP contribution in [-0.4, -0.2) is 22.3 Å². The Kier molecular flexibility index (Phi) is 3.27.